The summed E-state index contributed by atoms with van der Waals surface area (Å²) in [7, 11) is 0. The average molecular weight is 94.1 g/mol. The van der Waals surface area contributed by atoms with E-state index < -0.39 is 0 Å². The van der Waals surface area contributed by atoms with Crippen molar-refractivity contribution in [2.75, 3.05) is 5.73 Å². The van der Waals surface area contributed by atoms with Crippen LogP contribution in [-0.4, -0.2) is 9.97 Å². The second-order valence-corrected chi connectivity index (χ2v) is 1.07. The third-order valence-electron chi connectivity index (χ3n) is 0.552. The summed E-state index contributed by atoms with van der Waals surface area (Å²) in [5.41, 5.74) is 5.18. The number of hydrogen-bond donors (Lipinski definition) is 1. The fourth-order valence-electron chi connectivity index (χ4n) is 0.270. The molecule has 35 valence electrons. The smallest absolute Gasteiger partial charge is 0.127 e. The average Bonchev–Trinajstić information content (AvgIpc) is 1.69. The number of aromatic nitrogens is 2. The van der Waals surface area contributed by atoms with Crippen LogP contribution in [-0.2, 0) is 0 Å². The summed E-state index contributed by atoms with van der Waals surface area (Å²) >= 11 is 0. The topological polar surface area (TPSA) is 51.8 Å². The van der Waals surface area contributed by atoms with Gasteiger partial charge in [-0.05, 0) is 0 Å². The van der Waals surface area contributed by atoms with Crippen LogP contribution >= 0.6 is 0 Å². The van der Waals surface area contributed by atoms with Gasteiger partial charge in [-0.25, -0.2) is 9.97 Å². The van der Waals surface area contributed by atoms with Crippen LogP contribution in [0.4, 0.5) is 5.82 Å². The molecule has 0 atom stereocenters. The highest BCUT2D eigenvalue weighted by molar-refractivity contribution is 5.22. The Kier molecular flexibility index (Phi) is 0.898. The zero-order chi connectivity index (χ0) is 5.11. The monoisotopic (exact) mass is 94.0 g/mol. The molecule has 0 aliphatic rings. The van der Waals surface area contributed by atoms with Gasteiger partial charge in [-0.2, -0.15) is 0 Å². The molecule has 0 saturated heterocycles. The molecular weight excluding hydrogens is 90.1 g/mol. The van der Waals surface area contributed by atoms with Crippen molar-refractivity contribution in [3.63, 3.8) is 0 Å². The largest absolute Gasteiger partial charge is 0.384 e. The lowest BCUT2D eigenvalue weighted by molar-refractivity contribution is 1.17. The van der Waals surface area contributed by atoms with Crippen LogP contribution in [0.1, 0.15) is 0 Å². The SMILES string of the molecule is Nc1c[c]ncn1. The fourth-order valence-corrected chi connectivity index (χ4v) is 0.270. The molecule has 7 heavy (non-hydrogen) atoms. The molecule has 2 N–H and O–H groups in total. The summed E-state index contributed by atoms with van der Waals surface area (Å²) in [6.07, 6.45) is 3.88. The first-order valence-electron chi connectivity index (χ1n) is 1.83. The minimum absolute atomic E-state index is 0.454. The minimum Gasteiger partial charge on any atom is -0.384 e. The van der Waals surface area contributed by atoms with Gasteiger partial charge in [0.15, 0.2) is 0 Å². The van der Waals surface area contributed by atoms with E-state index in [-0.39, 0.29) is 0 Å². The number of nitrogen functional groups attached to an aromatic ring is 1. The lowest BCUT2D eigenvalue weighted by atomic mass is 10.6. The van der Waals surface area contributed by atoms with E-state index in [0.29, 0.717) is 5.82 Å². The van der Waals surface area contributed by atoms with Crippen molar-refractivity contribution in [3.8, 4) is 0 Å². The van der Waals surface area contributed by atoms with Crippen LogP contribution in [0.25, 0.3) is 0 Å². The second-order valence-electron chi connectivity index (χ2n) is 1.07. The van der Waals surface area contributed by atoms with Gasteiger partial charge in [-0.3, -0.25) is 0 Å². The summed E-state index contributed by atoms with van der Waals surface area (Å²) in [5.74, 6) is 0.454. The molecule has 0 spiro atoms. The highest BCUT2D eigenvalue weighted by atomic mass is 14.9. The Hall–Kier alpha value is -1.12. The van der Waals surface area contributed by atoms with Crippen molar-refractivity contribution in [1.29, 1.82) is 0 Å². The summed E-state index contributed by atoms with van der Waals surface area (Å²) < 4.78 is 0. The minimum atomic E-state index is 0.454. The van der Waals surface area contributed by atoms with E-state index in [9.17, 15) is 0 Å². The van der Waals surface area contributed by atoms with Crippen molar-refractivity contribution >= 4 is 5.82 Å². The van der Waals surface area contributed by atoms with Crippen LogP contribution in [0, 0.1) is 6.20 Å². The first-order valence-corrected chi connectivity index (χ1v) is 1.83. The van der Waals surface area contributed by atoms with Crippen LogP contribution in [0.2, 0.25) is 0 Å². The maximum absolute atomic E-state index is 5.18. The number of rotatable bonds is 0. The molecule has 0 amide bonds. The Balaban J connectivity index is 3.02. The van der Waals surface area contributed by atoms with Gasteiger partial charge in [0.1, 0.15) is 12.1 Å². The second kappa shape index (κ2) is 1.55. The summed E-state index contributed by atoms with van der Waals surface area (Å²) in [6.45, 7) is 0. The highest BCUT2D eigenvalue weighted by Crippen LogP contribution is 1.85. The van der Waals surface area contributed by atoms with E-state index >= 15 is 0 Å². The molecule has 0 unspecified atom stereocenters. The van der Waals surface area contributed by atoms with Crippen LogP contribution in [0.5, 0.6) is 0 Å². The number of nitrogens with zero attached hydrogens (tertiary/aromatic N) is 2. The predicted octanol–water partition coefficient (Wildman–Crippen LogP) is -0.141. The Morgan fingerprint density at radius 1 is 1.71 bits per heavy atom. The maximum atomic E-state index is 5.18. The first-order chi connectivity index (χ1) is 3.39. The first kappa shape index (κ1) is 4.05. The van der Waals surface area contributed by atoms with Gasteiger partial charge in [-0.1, -0.05) is 0 Å². The molecule has 1 aromatic heterocycles. The lowest BCUT2D eigenvalue weighted by Crippen LogP contribution is -1.87. The van der Waals surface area contributed by atoms with E-state index in [1.807, 2.05) is 0 Å². The molecule has 0 saturated carbocycles. The quantitative estimate of drug-likeness (QED) is 0.486. The lowest BCUT2D eigenvalue weighted by Gasteiger charge is -1.81. The van der Waals surface area contributed by atoms with E-state index in [0.717, 1.165) is 0 Å². The molecule has 1 radical (unpaired) electrons. The van der Waals surface area contributed by atoms with Gasteiger partial charge in [-0.15, -0.1) is 0 Å². The molecule has 3 heteroatoms. The predicted molar refractivity (Wildman–Crippen MR) is 25.3 cm³/mol. The molecule has 0 aromatic carbocycles. The molecule has 0 aliphatic carbocycles. The van der Waals surface area contributed by atoms with Gasteiger partial charge >= 0.3 is 0 Å². The molecule has 0 aliphatic heterocycles. The molecule has 1 aromatic rings. The van der Waals surface area contributed by atoms with Crippen LogP contribution < -0.4 is 5.73 Å². The third-order valence-corrected chi connectivity index (χ3v) is 0.552. The van der Waals surface area contributed by atoms with Gasteiger partial charge in [0, 0.05) is 6.07 Å². The standard InChI is InChI=1S/C4H4N3/c5-4-1-2-6-3-7-4/h1,3H,(H2,5,6,7). The zero-order valence-electron chi connectivity index (χ0n) is 3.63. The molecule has 0 fully saturated rings. The molecular formula is C4H4N3. The van der Waals surface area contributed by atoms with Crippen LogP contribution in [0.3, 0.4) is 0 Å². The molecule has 0 bridgehead atoms. The number of nitrogens with two attached hydrogens (primary N) is 1. The van der Waals surface area contributed by atoms with Crippen molar-refractivity contribution in [2.45, 2.75) is 0 Å². The fraction of sp³-hybridized carbons (Fsp3) is 0. The Labute approximate surface area is 41.2 Å². The normalized spacial score (nSPS) is 8.57. The third kappa shape index (κ3) is 0.855. The van der Waals surface area contributed by atoms with Gasteiger partial charge in [0.25, 0.3) is 0 Å². The zero-order valence-corrected chi connectivity index (χ0v) is 3.63. The van der Waals surface area contributed by atoms with Crippen LogP contribution in [0.15, 0.2) is 12.4 Å². The number of anilines is 1. The summed E-state index contributed by atoms with van der Waals surface area (Å²) in [5, 5.41) is 0. The summed E-state index contributed by atoms with van der Waals surface area (Å²) in [6, 6.07) is 1.51. The summed E-state index contributed by atoms with van der Waals surface area (Å²) in [4.78, 5) is 7.14. The molecule has 1 rings (SSSR count). The highest BCUT2D eigenvalue weighted by Gasteiger charge is 1.75. The Morgan fingerprint density at radius 2 is 2.57 bits per heavy atom. The Bertz CT molecular complexity index is 137. The van der Waals surface area contributed by atoms with Crippen molar-refractivity contribution in [2.24, 2.45) is 0 Å². The van der Waals surface area contributed by atoms with E-state index in [4.69, 9.17) is 5.73 Å². The van der Waals surface area contributed by atoms with E-state index in [2.05, 4.69) is 16.2 Å². The molecule has 3 nitrogen and oxygen atoms in total. The van der Waals surface area contributed by atoms with E-state index in [1.165, 1.54) is 12.4 Å². The van der Waals surface area contributed by atoms with Crippen molar-refractivity contribution < 1.29 is 0 Å². The van der Waals surface area contributed by atoms with Crippen molar-refractivity contribution in [1.82, 2.24) is 9.97 Å². The van der Waals surface area contributed by atoms with Gasteiger partial charge in [0.05, 0.1) is 6.20 Å². The molecule has 1 heterocycles. The van der Waals surface area contributed by atoms with Crippen molar-refractivity contribution in [3.05, 3.63) is 18.6 Å². The maximum Gasteiger partial charge on any atom is 0.127 e. The van der Waals surface area contributed by atoms with Gasteiger partial charge < -0.3 is 5.73 Å². The number of hydrogen-bond acceptors (Lipinski definition) is 3. The van der Waals surface area contributed by atoms with E-state index in [1.54, 1.807) is 0 Å². The Morgan fingerprint density at radius 3 is 2.86 bits per heavy atom. The van der Waals surface area contributed by atoms with Gasteiger partial charge in [0.2, 0.25) is 0 Å².